The summed E-state index contributed by atoms with van der Waals surface area (Å²) in [4.78, 5) is 34.4. The Bertz CT molecular complexity index is 1680. The quantitative estimate of drug-likeness (QED) is 0.264. The maximum atomic E-state index is 13.3. The van der Waals surface area contributed by atoms with Gasteiger partial charge in [-0.05, 0) is 49.4 Å². The summed E-state index contributed by atoms with van der Waals surface area (Å²) in [6.07, 6.45) is 12.2. The molecule has 0 bridgehead atoms. The number of imidazole rings is 2. The molecule has 1 aliphatic rings. The highest BCUT2D eigenvalue weighted by atomic mass is 35.5. The van der Waals surface area contributed by atoms with Crippen LogP contribution in [-0.2, 0) is 29.0 Å². The number of esters is 1. The van der Waals surface area contributed by atoms with Crippen LogP contribution < -0.4 is 5.32 Å². The van der Waals surface area contributed by atoms with E-state index in [0.29, 0.717) is 41.0 Å². The van der Waals surface area contributed by atoms with Crippen molar-refractivity contribution in [2.75, 3.05) is 6.61 Å². The number of aromatic nitrogens is 6. The number of nitrogens with zero attached hydrogens (tertiary/aromatic N) is 6. The molecule has 6 rings (SSSR count). The van der Waals surface area contributed by atoms with E-state index in [1.54, 1.807) is 36.3 Å². The Hall–Kier alpha value is -4.18. The first-order chi connectivity index (χ1) is 19.0. The summed E-state index contributed by atoms with van der Waals surface area (Å²) in [6, 6.07) is 7.76. The molecule has 0 radical (unpaired) electrons. The Balaban J connectivity index is 1.21. The lowest BCUT2D eigenvalue weighted by molar-refractivity contribution is -0.143. The van der Waals surface area contributed by atoms with Gasteiger partial charge in [0.25, 0.3) is 5.91 Å². The molecule has 0 unspecified atom stereocenters. The van der Waals surface area contributed by atoms with E-state index in [-0.39, 0.29) is 31.3 Å². The summed E-state index contributed by atoms with van der Waals surface area (Å²) in [6.45, 7) is 2.68. The molecule has 5 aromatic rings. The van der Waals surface area contributed by atoms with Gasteiger partial charge in [0.15, 0.2) is 0 Å². The molecule has 1 amide bonds. The minimum atomic E-state index is -0.327. The number of carbonyl (C=O) groups is 2. The number of hydrogen-bond acceptors (Lipinski definition) is 6. The van der Waals surface area contributed by atoms with E-state index in [2.05, 4.69) is 27.7 Å². The van der Waals surface area contributed by atoms with Crippen molar-refractivity contribution in [3.63, 3.8) is 0 Å². The van der Waals surface area contributed by atoms with Crippen LogP contribution in [0.2, 0.25) is 5.02 Å². The Kier molecular flexibility index (Phi) is 6.78. The summed E-state index contributed by atoms with van der Waals surface area (Å²) >= 11 is 6.15. The largest absolute Gasteiger partial charge is 0.466 e. The van der Waals surface area contributed by atoms with Crippen LogP contribution in [0.1, 0.15) is 65.1 Å². The number of nitrogens with one attached hydrogen (secondary N) is 1. The van der Waals surface area contributed by atoms with Gasteiger partial charge >= 0.3 is 5.97 Å². The zero-order valence-corrected chi connectivity index (χ0v) is 22.3. The smallest absolute Gasteiger partial charge is 0.306 e. The number of amides is 1. The standard InChI is InChI=1S/C28H28ClN7O3/c1-2-39-27(37)8-6-23-22(28(38)30-12-24-25-11-20(29)9-10-34(25)17-31-24)16-36(33-23)15-21-14-35-13-19(18-3-4-18)5-7-26(35)32-21/h5,7,9-11,13-14,16-18H,2-4,6,8,12,15H2,1H3,(H,30,38). The molecule has 5 aromatic heterocycles. The van der Waals surface area contributed by atoms with Crippen LogP contribution in [0.25, 0.3) is 11.2 Å². The molecule has 1 N–H and O–H groups in total. The van der Waals surface area contributed by atoms with Gasteiger partial charge in [0.05, 0.1) is 60.6 Å². The summed E-state index contributed by atoms with van der Waals surface area (Å²) < 4.78 is 10.7. The van der Waals surface area contributed by atoms with Crippen LogP contribution in [0.3, 0.4) is 0 Å². The van der Waals surface area contributed by atoms with Gasteiger partial charge in [-0.15, -0.1) is 0 Å². The van der Waals surface area contributed by atoms with Gasteiger partial charge in [0.2, 0.25) is 0 Å². The molecule has 1 saturated carbocycles. The third kappa shape index (κ3) is 5.51. The number of rotatable bonds is 10. The number of carbonyl (C=O) groups excluding carboxylic acids is 2. The maximum Gasteiger partial charge on any atom is 0.306 e. The number of hydrogen-bond donors (Lipinski definition) is 1. The highest BCUT2D eigenvalue weighted by Gasteiger charge is 2.24. The van der Waals surface area contributed by atoms with Crippen LogP contribution in [0.4, 0.5) is 0 Å². The van der Waals surface area contributed by atoms with E-state index in [1.165, 1.54) is 18.4 Å². The fraction of sp³-hybridized carbons (Fsp3) is 0.321. The van der Waals surface area contributed by atoms with Crippen molar-refractivity contribution in [1.82, 2.24) is 33.9 Å². The first kappa shape index (κ1) is 25.1. The summed E-state index contributed by atoms with van der Waals surface area (Å²) in [7, 11) is 0. The van der Waals surface area contributed by atoms with Gasteiger partial charge in [-0.1, -0.05) is 17.7 Å². The van der Waals surface area contributed by atoms with Gasteiger partial charge in [-0.25, -0.2) is 9.97 Å². The predicted octanol–water partition coefficient (Wildman–Crippen LogP) is 4.18. The second-order valence-corrected chi connectivity index (χ2v) is 10.2. The fourth-order valence-electron chi connectivity index (χ4n) is 4.74. The summed E-state index contributed by atoms with van der Waals surface area (Å²) in [5, 5.41) is 8.18. The molecular formula is C28H28ClN7O3. The lowest BCUT2D eigenvalue weighted by atomic mass is 10.1. The van der Waals surface area contributed by atoms with Gasteiger partial charge in [-0.3, -0.25) is 14.3 Å². The van der Waals surface area contributed by atoms with E-state index in [4.69, 9.17) is 21.3 Å². The lowest BCUT2D eigenvalue weighted by Gasteiger charge is -2.05. The topological polar surface area (TPSA) is 108 Å². The molecule has 1 aliphatic carbocycles. The number of ether oxygens (including phenoxy) is 1. The van der Waals surface area contributed by atoms with E-state index in [0.717, 1.165) is 16.9 Å². The summed E-state index contributed by atoms with van der Waals surface area (Å²) in [5.41, 5.74) is 5.47. The average molecular weight is 546 g/mol. The maximum absolute atomic E-state index is 13.3. The van der Waals surface area contributed by atoms with Crippen molar-refractivity contribution >= 4 is 34.6 Å². The molecule has 0 saturated heterocycles. The number of pyridine rings is 2. The molecule has 39 heavy (non-hydrogen) atoms. The molecule has 11 heteroatoms. The molecule has 10 nitrogen and oxygen atoms in total. The highest BCUT2D eigenvalue weighted by Crippen LogP contribution is 2.39. The Labute approximate surface area is 229 Å². The van der Waals surface area contributed by atoms with Crippen LogP contribution in [-0.4, -0.2) is 47.0 Å². The van der Waals surface area contributed by atoms with Crippen molar-refractivity contribution in [1.29, 1.82) is 0 Å². The van der Waals surface area contributed by atoms with Crippen molar-refractivity contribution in [3.8, 4) is 0 Å². The van der Waals surface area contributed by atoms with Gasteiger partial charge in [0, 0.05) is 36.2 Å². The zero-order valence-electron chi connectivity index (χ0n) is 21.5. The molecule has 5 heterocycles. The normalized spacial score (nSPS) is 13.3. The molecule has 0 aliphatic heterocycles. The van der Waals surface area contributed by atoms with Crippen LogP contribution in [0.5, 0.6) is 0 Å². The third-order valence-corrected chi connectivity index (χ3v) is 7.08. The van der Waals surface area contributed by atoms with Gasteiger partial charge in [0.1, 0.15) is 5.65 Å². The first-order valence-electron chi connectivity index (χ1n) is 13.1. The number of aryl methyl sites for hydroxylation is 1. The third-order valence-electron chi connectivity index (χ3n) is 6.85. The van der Waals surface area contributed by atoms with Crippen LogP contribution in [0.15, 0.2) is 55.4 Å². The lowest BCUT2D eigenvalue weighted by Crippen LogP contribution is -2.24. The van der Waals surface area contributed by atoms with E-state index < -0.39 is 0 Å². The van der Waals surface area contributed by atoms with Crippen molar-refractivity contribution in [2.45, 2.75) is 51.6 Å². The second kappa shape index (κ2) is 10.5. The van der Waals surface area contributed by atoms with Crippen LogP contribution in [0, 0.1) is 0 Å². The summed E-state index contributed by atoms with van der Waals surface area (Å²) in [5.74, 6) is 0.0329. The number of fused-ring (bicyclic) bond motifs is 2. The number of halogens is 1. The van der Waals surface area contributed by atoms with Crippen molar-refractivity contribution in [2.24, 2.45) is 0 Å². The van der Waals surface area contributed by atoms with Gasteiger partial charge in [-0.2, -0.15) is 5.10 Å². The minimum absolute atomic E-state index is 0.133. The molecule has 0 atom stereocenters. The monoisotopic (exact) mass is 545 g/mol. The fourth-order valence-corrected chi connectivity index (χ4v) is 4.90. The Morgan fingerprint density at radius 2 is 2.00 bits per heavy atom. The molecule has 0 aromatic carbocycles. The molecule has 0 spiro atoms. The van der Waals surface area contributed by atoms with Crippen molar-refractivity contribution in [3.05, 3.63) is 88.6 Å². The zero-order chi connectivity index (χ0) is 26.9. The van der Waals surface area contributed by atoms with Crippen molar-refractivity contribution < 1.29 is 14.3 Å². The predicted molar refractivity (Wildman–Crippen MR) is 145 cm³/mol. The van der Waals surface area contributed by atoms with E-state index in [1.807, 2.05) is 27.3 Å². The Morgan fingerprint density at radius 3 is 2.82 bits per heavy atom. The first-order valence-corrected chi connectivity index (χ1v) is 13.4. The second-order valence-electron chi connectivity index (χ2n) is 9.74. The van der Waals surface area contributed by atoms with Crippen LogP contribution >= 0.6 is 11.6 Å². The minimum Gasteiger partial charge on any atom is -0.466 e. The average Bonchev–Trinajstić information content (AvgIpc) is 3.40. The van der Waals surface area contributed by atoms with E-state index in [9.17, 15) is 9.59 Å². The SMILES string of the molecule is CCOC(=O)CCc1nn(Cc2cn3cc(C4CC4)ccc3n2)cc1C(=O)NCc1ncn2ccc(Cl)cc12. The molecule has 200 valence electrons. The Morgan fingerprint density at radius 1 is 1.13 bits per heavy atom. The van der Waals surface area contributed by atoms with Gasteiger partial charge < -0.3 is 18.9 Å². The molecule has 1 fully saturated rings. The molecular weight excluding hydrogens is 518 g/mol. The van der Waals surface area contributed by atoms with E-state index >= 15 is 0 Å². The highest BCUT2D eigenvalue weighted by molar-refractivity contribution is 6.30.